The number of rotatable bonds is 4. The van der Waals surface area contributed by atoms with Crippen LogP contribution in [0.1, 0.15) is 40.0 Å². The summed E-state index contributed by atoms with van der Waals surface area (Å²) in [6.07, 6.45) is 2.74. The average Bonchev–Trinajstić information content (AvgIpc) is 2.86. The predicted octanol–water partition coefficient (Wildman–Crippen LogP) is 1.73. The van der Waals surface area contributed by atoms with E-state index in [4.69, 9.17) is 10.5 Å². The minimum absolute atomic E-state index is 0.152. The monoisotopic (exact) mass is 214 g/mol. The summed E-state index contributed by atoms with van der Waals surface area (Å²) in [5.41, 5.74) is 5.19. The van der Waals surface area contributed by atoms with E-state index >= 15 is 0 Å². The summed E-state index contributed by atoms with van der Waals surface area (Å²) in [6, 6.07) is 0.385. The van der Waals surface area contributed by atoms with Crippen LogP contribution >= 0.6 is 0 Å². The molecule has 0 atom stereocenters. The molecule has 1 aliphatic carbocycles. The van der Waals surface area contributed by atoms with Gasteiger partial charge in [0.2, 0.25) is 0 Å². The number of amides is 1. The molecule has 0 saturated heterocycles. The average molecular weight is 214 g/mol. The number of carbonyl (C=O) groups is 1. The lowest BCUT2D eigenvalue weighted by atomic mass is 10.1. The molecular weight excluding hydrogens is 192 g/mol. The smallest absolute Gasteiger partial charge is 0.410 e. The molecule has 0 radical (unpaired) electrons. The van der Waals surface area contributed by atoms with Crippen molar-refractivity contribution in [1.29, 1.82) is 0 Å². The minimum Gasteiger partial charge on any atom is -0.449 e. The fourth-order valence-corrected chi connectivity index (χ4v) is 1.62. The van der Waals surface area contributed by atoms with Crippen molar-refractivity contribution in [3.8, 4) is 0 Å². The Morgan fingerprint density at radius 1 is 1.47 bits per heavy atom. The van der Waals surface area contributed by atoms with Gasteiger partial charge >= 0.3 is 6.09 Å². The zero-order chi connectivity index (χ0) is 11.5. The lowest BCUT2D eigenvalue weighted by Crippen LogP contribution is -2.47. The molecule has 0 unspecified atom stereocenters. The molecule has 1 saturated carbocycles. The molecule has 4 heteroatoms. The second kappa shape index (κ2) is 4.84. The van der Waals surface area contributed by atoms with Crippen LogP contribution in [0.2, 0.25) is 0 Å². The van der Waals surface area contributed by atoms with Crippen LogP contribution in [-0.4, -0.2) is 35.7 Å². The largest absolute Gasteiger partial charge is 0.449 e. The summed E-state index contributed by atoms with van der Waals surface area (Å²) in [5, 5.41) is 0. The van der Waals surface area contributed by atoms with Crippen molar-refractivity contribution in [2.75, 3.05) is 13.2 Å². The molecule has 88 valence electrons. The highest BCUT2D eigenvalue weighted by atomic mass is 16.6. The summed E-state index contributed by atoms with van der Waals surface area (Å²) in [5.74, 6) is 0. The Morgan fingerprint density at radius 2 is 2.07 bits per heavy atom. The molecular formula is C11H22N2O2. The van der Waals surface area contributed by atoms with E-state index in [1.54, 1.807) is 0 Å². The third-order valence-corrected chi connectivity index (χ3v) is 2.41. The molecule has 0 aromatic rings. The van der Waals surface area contributed by atoms with Gasteiger partial charge in [0.15, 0.2) is 0 Å². The Kier molecular flexibility index (Phi) is 3.97. The van der Waals surface area contributed by atoms with Crippen LogP contribution in [0, 0.1) is 0 Å². The highest BCUT2D eigenvalue weighted by Gasteiger charge is 2.40. The van der Waals surface area contributed by atoms with Gasteiger partial charge < -0.3 is 15.4 Å². The van der Waals surface area contributed by atoms with Crippen LogP contribution in [0.3, 0.4) is 0 Å². The first kappa shape index (κ1) is 12.3. The Labute approximate surface area is 91.8 Å². The van der Waals surface area contributed by atoms with E-state index < -0.39 is 0 Å². The van der Waals surface area contributed by atoms with E-state index in [9.17, 15) is 4.79 Å². The van der Waals surface area contributed by atoms with E-state index in [2.05, 4.69) is 0 Å². The highest BCUT2D eigenvalue weighted by molar-refractivity contribution is 5.69. The van der Waals surface area contributed by atoms with Crippen LogP contribution in [0.25, 0.3) is 0 Å². The first-order valence-corrected chi connectivity index (χ1v) is 5.63. The van der Waals surface area contributed by atoms with Crippen molar-refractivity contribution in [3.63, 3.8) is 0 Å². The number of hydrogen-bond donors (Lipinski definition) is 1. The molecule has 1 aliphatic rings. The van der Waals surface area contributed by atoms with Gasteiger partial charge in [-0.1, -0.05) is 0 Å². The SMILES string of the molecule is CC(C)(C)N(C(=O)OCCCN)C1CC1. The lowest BCUT2D eigenvalue weighted by molar-refractivity contribution is 0.0633. The Balaban J connectivity index is 2.45. The molecule has 0 aromatic carbocycles. The summed E-state index contributed by atoms with van der Waals surface area (Å²) in [6.45, 7) is 7.10. The molecule has 15 heavy (non-hydrogen) atoms. The summed E-state index contributed by atoms with van der Waals surface area (Å²) in [7, 11) is 0. The van der Waals surface area contributed by atoms with E-state index in [1.165, 1.54) is 0 Å². The number of ether oxygens (including phenoxy) is 1. The second-order valence-corrected chi connectivity index (χ2v) is 5.03. The Hall–Kier alpha value is -0.770. The van der Waals surface area contributed by atoms with Crippen molar-refractivity contribution in [2.45, 2.75) is 51.6 Å². The third kappa shape index (κ3) is 3.70. The summed E-state index contributed by atoms with van der Waals surface area (Å²) in [4.78, 5) is 13.7. The van der Waals surface area contributed by atoms with Gasteiger partial charge in [0.1, 0.15) is 0 Å². The predicted molar refractivity (Wildman–Crippen MR) is 59.6 cm³/mol. The van der Waals surface area contributed by atoms with Crippen LogP contribution in [-0.2, 0) is 4.74 Å². The first-order valence-electron chi connectivity index (χ1n) is 5.63. The van der Waals surface area contributed by atoms with Crippen LogP contribution in [0.5, 0.6) is 0 Å². The van der Waals surface area contributed by atoms with Crippen LogP contribution in [0.15, 0.2) is 0 Å². The fraction of sp³-hybridized carbons (Fsp3) is 0.909. The highest BCUT2D eigenvalue weighted by Crippen LogP contribution is 2.33. The van der Waals surface area contributed by atoms with E-state index in [1.807, 2.05) is 25.7 Å². The van der Waals surface area contributed by atoms with Gasteiger partial charge in [-0.3, -0.25) is 0 Å². The molecule has 2 N–H and O–H groups in total. The molecule has 4 nitrogen and oxygen atoms in total. The molecule has 0 spiro atoms. The number of hydrogen-bond acceptors (Lipinski definition) is 3. The third-order valence-electron chi connectivity index (χ3n) is 2.41. The number of nitrogens with zero attached hydrogens (tertiary/aromatic N) is 1. The molecule has 0 aliphatic heterocycles. The van der Waals surface area contributed by atoms with Gasteiger partial charge in [-0.15, -0.1) is 0 Å². The zero-order valence-electron chi connectivity index (χ0n) is 9.95. The summed E-state index contributed by atoms with van der Waals surface area (Å²) < 4.78 is 5.18. The van der Waals surface area contributed by atoms with Gasteiger partial charge in [-0.2, -0.15) is 0 Å². The van der Waals surface area contributed by atoms with Crippen molar-refractivity contribution in [2.24, 2.45) is 5.73 Å². The van der Waals surface area contributed by atoms with E-state index in [-0.39, 0.29) is 11.6 Å². The van der Waals surface area contributed by atoms with E-state index in [0.29, 0.717) is 19.2 Å². The first-order chi connectivity index (χ1) is 6.96. The number of carbonyl (C=O) groups excluding carboxylic acids is 1. The second-order valence-electron chi connectivity index (χ2n) is 5.03. The molecule has 0 aromatic heterocycles. The molecule has 0 heterocycles. The maximum Gasteiger partial charge on any atom is 0.410 e. The molecule has 1 amide bonds. The van der Waals surface area contributed by atoms with Crippen molar-refractivity contribution >= 4 is 6.09 Å². The fourth-order valence-electron chi connectivity index (χ4n) is 1.62. The normalized spacial score (nSPS) is 16.3. The van der Waals surface area contributed by atoms with Gasteiger partial charge in [-0.25, -0.2) is 4.79 Å². The minimum atomic E-state index is -0.196. The van der Waals surface area contributed by atoms with Gasteiger partial charge in [-0.05, 0) is 46.6 Å². The van der Waals surface area contributed by atoms with Gasteiger partial charge in [0, 0.05) is 11.6 Å². The lowest BCUT2D eigenvalue weighted by Gasteiger charge is -2.34. The van der Waals surface area contributed by atoms with Gasteiger partial charge in [0.05, 0.1) is 6.61 Å². The van der Waals surface area contributed by atoms with Crippen molar-refractivity contribution < 1.29 is 9.53 Å². The maximum atomic E-state index is 11.8. The molecule has 1 rings (SSSR count). The number of nitrogens with two attached hydrogens (primary N) is 1. The van der Waals surface area contributed by atoms with Crippen molar-refractivity contribution in [3.05, 3.63) is 0 Å². The van der Waals surface area contributed by atoms with Crippen LogP contribution in [0.4, 0.5) is 4.79 Å². The molecule has 0 bridgehead atoms. The van der Waals surface area contributed by atoms with E-state index in [0.717, 1.165) is 19.3 Å². The standard InChI is InChI=1S/C11H22N2O2/c1-11(2,3)13(9-5-6-9)10(14)15-8-4-7-12/h9H,4-8,12H2,1-3H3. The van der Waals surface area contributed by atoms with Crippen molar-refractivity contribution in [1.82, 2.24) is 4.90 Å². The topological polar surface area (TPSA) is 55.6 Å². The molecule has 1 fully saturated rings. The Bertz CT molecular complexity index is 219. The maximum absolute atomic E-state index is 11.8. The van der Waals surface area contributed by atoms with Crippen LogP contribution < -0.4 is 5.73 Å². The van der Waals surface area contributed by atoms with Gasteiger partial charge in [0.25, 0.3) is 0 Å². The summed E-state index contributed by atoms with van der Waals surface area (Å²) >= 11 is 0. The Morgan fingerprint density at radius 3 is 2.47 bits per heavy atom. The quantitative estimate of drug-likeness (QED) is 0.725. The zero-order valence-corrected chi connectivity index (χ0v) is 9.95.